The third-order valence-electron chi connectivity index (χ3n) is 11.9. The van der Waals surface area contributed by atoms with Crippen molar-refractivity contribution in [2.24, 2.45) is 0 Å². The third-order valence-corrected chi connectivity index (χ3v) is 11.9. The Labute approximate surface area is 297 Å². The molecular formula is C46H46BN3. The first kappa shape index (κ1) is 31.1. The molecule has 0 aliphatic carbocycles. The van der Waals surface area contributed by atoms with Crippen molar-refractivity contribution in [3.8, 4) is 11.4 Å². The van der Waals surface area contributed by atoms with E-state index in [2.05, 4.69) is 180 Å². The summed E-state index contributed by atoms with van der Waals surface area (Å²) in [5.41, 5.74) is 21.1. The second-order valence-electron chi connectivity index (χ2n) is 16.8. The Morgan fingerprint density at radius 1 is 0.500 bits per heavy atom. The van der Waals surface area contributed by atoms with E-state index in [-0.39, 0.29) is 17.5 Å². The molecule has 0 fully saturated rings. The van der Waals surface area contributed by atoms with Crippen LogP contribution in [-0.2, 0) is 10.8 Å². The van der Waals surface area contributed by atoms with Crippen LogP contribution in [0.2, 0.25) is 0 Å². The smallest absolute Gasteiger partial charge is 0.252 e. The zero-order valence-corrected chi connectivity index (χ0v) is 31.2. The van der Waals surface area contributed by atoms with Gasteiger partial charge < -0.3 is 14.0 Å². The van der Waals surface area contributed by atoms with Crippen LogP contribution in [0.25, 0.3) is 33.2 Å². The first-order valence-corrected chi connectivity index (χ1v) is 18.2. The van der Waals surface area contributed by atoms with Gasteiger partial charge >= 0.3 is 0 Å². The molecule has 0 atom stereocenters. The Kier molecular flexibility index (Phi) is 6.39. The predicted molar refractivity (Wildman–Crippen MR) is 216 cm³/mol. The lowest BCUT2D eigenvalue weighted by molar-refractivity contribution is 0.590. The molecule has 4 heterocycles. The average molecular weight is 652 g/mol. The van der Waals surface area contributed by atoms with Crippen molar-refractivity contribution in [2.45, 2.75) is 80.1 Å². The van der Waals surface area contributed by atoms with Crippen molar-refractivity contribution in [3.63, 3.8) is 0 Å². The molecule has 0 spiro atoms. The van der Waals surface area contributed by atoms with Gasteiger partial charge in [-0.3, -0.25) is 0 Å². The summed E-state index contributed by atoms with van der Waals surface area (Å²) in [6, 6.07) is 37.3. The number of para-hydroxylation sites is 2. The van der Waals surface area contributed by atoms with E-state index in [1.807, 2.05) is 0 Å². The van der Waals surface area contributed by atoms with Gasteiger partial charge in [-0.2, -0.15) is 0 Å². The van der Waals surface area contributed by atoms with Gasteiger partial charge in [0.15, 0.2) is 0 Å². The zero-order valence-electron chi connectivity index (χ0n) is 31.2. The van der Waals surface area contributed by atoms with E-state index in [9.17, 15) is 0 Å². The number of fused-ring (bicyclic) bond motifs is 4. The van der Waals surface area contributed by atoms with Gasteiger partial charge in [-0.1, -0.05) is 102 Å². The van der Waals surface area contributed by atoms with Crippen LogP contribution < -0.4 is 21.3 Å². The van der Waals surface area contributed by atoms with Crippen LogP contribution in [0.15, 0.2) is 97.1 Å². The third kappa shape index (κ3) is 4.17. The molecule has 2 aliphatic rings. The lowest BCUT2D eigenvalue weighted by Crippen LogP contribution is -2.59. The van der Waals surface area contributed by atoms with Crippen molar-refractivity contribution in [2.75, 3.05) is 4.90 Å². The molecule has 0 saturated heterocycles. The summed E-state index contributed by atoms with van der Waals surface area (Å²) < 4.78 is 5.14. The number of aryl methyl sites for hydroxylation is 2. The summed E-state index contributed by atoms with van der Waals surface area (Å²) in [4.78, 5) is 2.47. The molecule has 3 nitrogen and oxygen atoms in total. The summed E-state index contributed by atoms with van der Waals surface area (Å²) in [5.74, 6) is 0. The molecule has 5 aromatic carbocycles. The van der Waals surface area contributed by atoms with Gasteiger partial charge in [-0.05, 0) is 114 Å². The molecule has 2 aliphatic heterocycles. The van der Waals surface area contributed by atoms with Crippen molar-refractivity contribution in [1.82, 2.24) is 9.13 Å². The topological polar surface area (TPSA) is 13.1 Å². The van der Waals surface area contributed by atoms with Gasteiger partial charge in [0.25, 0.3) is 6.71 Å². The highest BCUT2D eigenvalue weighted by atomic mass is 15.2. The van der Waals surface area contributed by atoms with Crippen molar-refractivity contribution >= 4 is 62.0 Å². The van der Waals surface area contributed by atoms with Gasteiger partial charge in [0.2, 0.25) is 0 Å². The maximum atomic E-state index is 2.57. The Hall–Kier alpha value is -4.96. The van der Waals surface area contributed by atoms with E-state index >= 15 is 0 Å². The van der Waals surface area contributed by atoms with Gasteiger partial charge in [-0.25, -0.2) is 0 Å². The summed E-state index contributed by atoms with van der Waals surface area (Å²) >= 11 is 0. The molecule has 0 radical (unpaired) electrons. The number of hydrogen-bond donors (Lipinski definition) is 0. The minimum absolute atomic E-state index is 0.0772. The Bertz CT molecular complexity index is 2360. The lowest BCUT2D eigenvalue weighted by atomic mass is 9.34. The van der Waals surface area contributed by atoms with Crippen LogP contribution in [0.3, 0.4) is 0 Å². The fourth-order valence-electron chi connectivity index (χ4n) is 8.91. The molecule has 0 unspecified atom stereocenters. The van der Waals surface area contributed by atoms with Gasteiger partial charge in [-0.15, -0.1) is 0 Å². The first-order valence-electron chi connectivity index (χ1n) is 18.2. The van der Waals surface area contributed by atoms with E-state index in [0.717, 1.165) is 11.4 Å². The molecule has 0 amide bonds. The first-order chi connectivity index (χ1) is 23.8. The highest BCUT2D eigenvalue weighted by molar-refractivity contribution is 7.00. The van der Waals surface area contributed by atoms with Crippen LogP contribution in [0.4, 0.5) is 17.1 Å². The summed E-state index contributed by atoms with van der Waals surface area (Å²) in [7, 11) is 0. The molecule has 9 rings (SSSR count). The minimum Gasteiger partial charge on any atom is -0.314 e. The largest absolute Gasteiger partial charge is 0.314 e. The SMILES string of the molecule is Cc1c(C)n2c3c(cccc13)B1c3c-2cc(N(c2ccc(C(C)(C)C)cc2)c2ccc(C(C)(C)C)cc2)cc3-n2c(C)c(C)c3cccc1c32. The van der Waals surface area contributed by atoms with Gasteiger partial charge in [0.1, 0.15) is 0 Å². The predicted octanol–water partition coefficient (Wildman–Crippen LogP) is 10.0. The summed E-state index contributed by atoms with van der Waals surface area (Å²) in [6.45, 7) is 23.1. The second kappa shape index (κ2) is 10.3. The van der Waals surface area contributed by atoms with Gasteiger partial charge in [0.05, 0.1) is 5.69 Å². The normalized spacial score (nSPS) is 13.4. The van der Waals surface area contributed by atoms with E-state index in [1.54, 1.807) is 0 Å². The number of hydrogen-bond acceptors (Lipinski definition) is 1. The highest BCUT2D eigenvalue weighted by Gasteiger charge is 2.41. The molecule has 248 valence electrons. The van der Waals surface area contributed by atoms with Gasteiger partial charge in [0, 0.05) is 55.9 Å². The molecule has 50 heavy (non-hydrogen) atoms. The summed E-state index contributed by atoms with van der Waals surface area (Å²) in [5, 5.41) is 2.70. The Balaban J connectivity index is 1.39. The maximum absolute atomic E-state index is 2.57. The molecule has 0 N–H and O–H groups in total. The van der Waals surface area contributed by atoms with Crippen LogP contribution in [0, 0.1) is 27.7 Å². The van der Waals surface area contributed by atoms with Crippen LogP contribution in [-0.4, -0.2) is 15.8 Å². The van der Waals surface area contributed by atoms with E-state index in [0.29, 0.717) is 0 Å². The van der Waals surface area contributed by atoms with Crippen LogP contribution in [0.5, 0.6) is 0 Å². The highest BCUT2D eigenvalue weighted by Crippen LogP contribution is 2.42. The monoisotopic (exact) mass is 651 g/mol. The molecule has 0 saturated carbocycles. The van der Waals surface area contributed by atoms with E-state index in [4.69, 9.17) is 0 Å². The van der Waals surface area contributed by atoms with E-state index in [1.165, 1.54) is 88.9 Å². The minimum atomic E-state index is 0.0772. The fraction of sp³-hybridized carbons (Fsp3) is 0.261. The molecule has 7 aromatic rings. The zero-order chi connectivity index (χ0) is 35.0. The molecule has 4 heteroatoms. The molecular weight excluding hydrogens is 605 g/mol. The number of benzene rings is 5. The Morgan fingerprint density at radius 3 is 1.28 bits per heavy atom. The van der Waals surface area contributed by atoms with Crippen LogP contribution >= 0.6 is 0 Å². The standard InChI is InChI=1S/C46H46BN3/c1-27-29(3)48-40-25-35(50(33-21-17-31(18-22-33)45(5,6)7)34-23-19-32(20-24-34)46(8,9)10)26-41-42(40)47(38-15-11-13-36(27)43(38)48)39-16-12-14-37-28(2)30(4)49(41)44(37)39/h11-26H,1-10H3. The number of aromatic nitrogens is 2. The maximum Gasteiger partial charge on any atom is 0.252 e. The lowest BCUT2D eigenvalue weighted by Gasteiger charge is -2.36. The average Bonchev–Trinajstić information content (AvgIpc) is 3.50. The molecule has 0 bridgehead atoms. The van der Waals surface area contributed by atoms with Crippen molar-refractivity contribution < 1.29 is 0 Å². The van der Waals surface area contributed by atoms with Crippen molar-refractivity contribution in [3.05, 3.63) is 131 Å². The fourth-order valence-corrected chi connectivity index (χ4v) is 8.91. The van der Waals surface area contributed by atoms with E-state index < -0.39 is 0 Å². The molecule has 2 aromatic heterocycles. The quantitative estimate of drug-likeness (QED) is 0.173. The number of nitrogens with zero attached hydrogens (tertiary/aromatic N) is 3. The summed E-state index contributed by atoms with van der Waals surface area (Å²) in [6.07, 6.45) is 0. The van der Waals surface area contributed by atoms with Crippen molar-refractivity contribution in [1.29, 1.82) is 0 Å². The Morgan fingerprint density at radius 2 is 0.900 bits per heavy atom. The second-order valence-corrected chi connectivity index (χ2v) is 16.8. The van der Waals surface area contributed by atoms with Crippen LogP contribution in [0.1, 0.15) is 75.2 Å². The number of anilines is 3. The number of rotatable bonds is 3.